The summed E-state index contributed by atoms with van der Waals surface area (Å²) in [4.78, 5) is 0. The van der Waals surface area contributed by atoms with Crippen molar-refractivity contribution in [2.75, 3.05) is 0 Å². The summed E-state index contributed by atoms with van der Waals surface area (Å²) in [5.74, 6) is 0. The predicted octanol–water partition coefficient (Wildman–Crippen LogP) is 4.33. The fraction of sp³-hybridized carbons (Fsp3) is 0.750. The van der Waals surface area contributed by atoms with Crippen LogP contribution in [-0.4, -0.2) is 18.1 Å². The first kappa shape index (κ1) is 50.0. The first-order chi connectivity index (χ1) is 10.6. The summed E-state index contributed by atoms with van der Waals surface area (Å²) in [7, 11) is -10.7. The van der Waals surface area contributed by atoms with Crippen molar-refractivity contribution in [1.29, 1.82) is 0 Å². The van der Waals surface area contributed by atoms with Crippen molar-refractivity contribution < 1.29 is 56.2 Å². The van der Waals surface area contributed by atoms with Gasteiger partial charge in [-0.15, -0.1) is 0 Å². The molecule has 0 fully saturated rings. The Morgan fingerprint density at radius 1 is 0.538 bits per heavy atom. The van der Waals surface area contributed by atoms with Gasteiger partial charge in [0.1, 0.15) is 0 Å². The Kier molecular flexibility index (Phi) is 47.4. The Morgan fingerprint density at radius 3 is 0.538 bits per heavy atom. The summed E-state index contributed by atoms with van der Waals surface area (Å²) >= 11 is 0. The van der Waals surface area contributed by atoms with E-state index in [0.29, 0.717) is 18.1 Å². The minimum Gasteiger partial charge on any atom is 0 e. The van der Waals surface area contributed by atoms with E-state index in [0.717, 1.165) is 0 Å². The fourth-order valence-corrected chi connectivity index (χ4v) is 0. The van der Waals surface area contributed by atoms with Crippen molar-refractivity contribution >= 4 is 7.81 Å². The molecule has 0 unspecified atom stereocenters. The molecule has 0 saturated carbocycles. The van der Waals surface area contributed by atoms with E-state index in [4.69, 9.17) is 31.2 Å². The third-order valence-corrected chi connectivity index (χ3v) is 0. The third kappa shape index (κ3) is 88100. The maximum Gasteiger partial charge on any atom is 0 e. The molecule has 14 heteroatoms. The molecular formula is C12H27F6MnN3O3P-. The summed E-state index contributed by atoms with van der Waals surface area (Å²) in [5.41, 5.74) is 15.3. The van der Waals surface area contributed by atoms with Crippen LogP contribution >= 0.6 is 7.81 Å². The summed E-state index contributed by atoms with van der Waals surface area (Å²) in [6.45, 7) is 25.2. The van der Waals surface area contributed by atoms with Gasteiger partial charge in [-0.3, -0.25) is 0 Å². The second-order valence-corrected chi connectivity index (χ2v) is 6.61. The van der Waals surface area contributed by atoms with Gasteiger partial charge in [-0.25, -0.2) is 0 Å². The average molecular weight is 461 g/mol. The van der Waals surface area contributed by atoms with E-state index < -0.39 is 7.81 Å². The molecule has 0 heterocycles. The number of hydrogen-bond acceptors (Lipinski definition) is 3. The van der Waals surface area contributed by atoms with Gasteiger partial charge in [-0.05, 0) is 18.1 Å². The third-order valence-electron chi connectivity index (χ3n) is 0. The normalized spacial score (nSPS) is 10.6. The Bertz CT molecular complexity index is 271. The number of rotatable bonds is 0. The molecule has 0 rings (SSSR count). The molecule has 0 spiro atoms. The van der Waals surface area contributed by atoms with Crippen LogP contribution in [0.5, 0.6) is 0 Å². The summed E-state index contributed by atoms with van der Waals surface area (Å²) in [6.07, 6.45) is 0. The van der Waals surface area contributed by atoms with Gasteiger partial charge in [0.15, 0.2) is 0 Å². The van der Waals surface area contributed by atoms with Crippen LogP contribution in [0.25, 0.3) is 0 Å². The molecule has 0 aromatic carbocycles. The number of nitrogens with two attached hydrogens (primary N) is 3. The Balaban J connectivity index is -0.0000000255. The minimum atomic E-state index is -10.7. The van der Waals surface area contributed by atoms with E-state index in [2.05, 4.69) is 20.0 Å². The van der Waals surface area contributed by atoms with Crippen molar-refractivity contribution in [3.8, 4) is 0 Å². The molecule has 0 atom stereocenters. The minimum absolute atomic E-state index is 0. The largest absolute Gasteiger partial charge is 0 e. The van der Waals surface area contributed by atoms with E-state index in [9.17, 15) is 25.2 Å². The summed E-state index contributed by atoms with van der Waals surface area (Å²) in [6, 6.07) is 1.000. The van der Waals surface area contributed by atoms with Gasteiger partial charge in [-0.2, -0.15) is 0 Å². The number of halogens is 6. The standard InChI is InChI=1S/3C3H9N.3CO.F6P.Mn/c3*1-3(2)4;3*1-2;1-7(2,3,4,5)6;/h3*3H,4H2,1-2H3;;;;;/q;;;;;;-1;. The van der Waals surface area contributed by atoms with Crippen LogP contribution in [0.3, 0.4) is 0 Å². The monoisotopic (exact) mass is 461 g/mol. The number of hydrogen-bond donors (Lipinski definition) is 3. The zero-order chi connectivity index (χ0) is 23.1. The summed E-state index contributed by atoms with van der Waals surface area (Å²) < 4.78 is 81.7. The molecule has 26 heavy (non-hydrogen) atoms. The molecule has 6 N–H and O–H groups in total. The topological polar surface area (TPSA) is 138 Å². The molecule has 0 aliphatic heterocycles. The quantitative estimate of drug-likeness (QED) is 0.163. The van der Waals surface area contributed by atoms with Crippen LogP contribution in [0.15, 0.2) is 0 Å². The van der Waals surface area contributed by atoms with Crippen LogP contribution in [0.1, 0.15) is 41.5 Å². The van der Waals surface area contributed by atoms with Gasteiger partial charge in [0, 0.05) is 17.1 Å². The van der Waals surface area contributed by atoms with Crippen molar-refractivity contribution in [3.63, 3.8) is 0 Å². The van der Waals surface area contributed by atoms with Gasteiger partial charge in [0.25, 0.3) is 0 Å². The molecule has 0 aliphatic rings. The van der Waals surface area contributed by atoms with Crippen LogP contribution in [0.2, 0.25) is 0 Å². The van der Waals surface area contributed by atoms with Gasteiger partial charge in [0.2, 0.25) is 0 Å². The zero-order valence-corrected chi connectivity index (χ0v) is 17.4. The van der Waals surface area contributed by atoms with E-state index in [1.807, 2.05) is 41.5 Å². The molecule has 0 aromatic heterocycles. The second kappa shape index (κ2) is 24.6. The Labute approximate surface area is 161 Å². The molecular weight excluding hydrogens is 434 g/mol. The first-order valence-corrected chi connectivity index (χ1v) is 8.12. The van der Waals surface area contributed by atoms with Crippen molar-refractivity contribution in [1.82, 2.24) is 0 Å². The predicted molar refractivity (Wildman–Crippen MR) is 83.3 cm³/mol. The smallest absolute Gasteiger partial charge is 0 e. The maximum absolute atomic E-state index is 10.7. The molecule has 0 saturated heterocycles. The van der Waals surface area contributed by atoms with Gasteiger partial charge >= 0.3 is 66.9 Å². The van der Waals surface area contributed by atoms with Gasteiger partial charge in [0.05, 0.1) is 0 Å². The summed E-state index contributed by atoms with van der Waals surface area (Å²) in [5, 5.41) is 0. The fourth-order valence-electron chi connectivity index (χ4n) is 0. The maximum atomic E-state index is 9.87. The van der Waals surface area contributed by atoms with E-state index >= 15 is 0 Å². The van der Waals surface area contributed by atoms with Crippen molar-refractivity contribution in [3.05, 3.63) is 20.0 Å². The SMILES string of the molecule is CC(C)N.CC(C)N.CC(C)N.F[P-](F)(F)(F)(F)F.[C-]#[O+].[C-]#[O+].[C-]#[O+].[Mn]. The van der Waals surface area contributed by atoms with Gasteiger partial charge in [-0.1, -0.05) is 41.5 Å². The van der Waals surface area contributed by atoms with Crippen LogP contribution in [0, 0.1) is 20.0 Å². The molecule has 163 valence electrons. The van der Waals surface area contributed by atoms with Crippen molar-refractivity contribution in [2.24, 2.45) is 17.2 Å². The average Bonchev–Trinajstić information content (AvgIpc) is 2.30. The van der Waals surface area contributed by atoms with Crippen LogP contribution < -0.4 is 17.2 Å². The van der Waals surface area contributed by atoms with E-state index in [1.54, 1.807) is 0 Å². The molecule has 1 radical (unpaired) electrons. The zero-order valence-electron chi connectivity index (χ0n) is 15.3. The Hall–Kier alpha value is -0.371. The first-order valence-electron chi connectivity index (χ1n) is 6.09. The van der Waals surface area contributed by atoms with Crippen LogP contribution in [0.4, 0.5) is 25.2 Å². The second-order valence-electron chi connectivity index (χ2n) is 4.69. The van der Waals surface area contributed by atoms with Gasteiger partial charge < -0.3 is 17.2 Å². The van der Waals surface area contributed by atoms with E-state index in [1.165, 1.54) is 0 Å². The molecule has 0 bridgehead atoms. The molecule has 0 amide bonds. The molecule has 0 aromatic rings. The van der Waals surface area contributed by atoms with E-state index in [-0.39, 0.29) is 17.1 Å². The van der Waals surface area contributed by atoms with Crippen molar-refractivity contribution in [2.45, 2.75) is 59.7 Å². The Morgan fingerprint density at radius 2 is 0.538 bits per heavy atom. The van der Waals surface area contributed by atoms with Crippen LogP contribution in [-0.2, 0) is 31.0 Å². The molecule has 0 aliphatic carbocycles. The molecule has 6 nitrogen and oxygen atoms in total.